The summed E-state index contributed by atoms with van der Waals surface area (Å²) in [5.41, 5.74) is 0.982. The second-order valence-electron chi connectivity index (χ2n) is 5.04. The second-order valence-corrected chi connectivity index (χ2v) is 5.04. The quantitative estimate of drug-likeness (QED) is 0.277. The first-order chi connectivity index (χ1) is 11.8. The first-order valence-electron chi connectivity index (χ1n) is 7.93. The van der Waals surface area contributed by atoms with Gasteiger partial charge in [-0.05, 0) is 24.6 Å². The Bertz CT molecular complexity index is 638. The molecule has 0 bridgehead atoms. The van der Waals surface area contributed by atoms with E-state index in [1.54, 1.807) is 20.4 Å². The van der Waals surface area contributed by atoms with Gasteiger partial charge in [0.1, 0.15) is 5.75 Å². The van der Waals surface area contributed by atoms with Gasteiger partial charge in [-0.3, -0.25) is 4.99 Å². The molecular weight excluding hydrogens is 431 g/mol. The van der Waals surface area contributed by atoms with Crippen LogP contribution in [0.2, 0.25) is 0 Å². The van der Waals surface area contributed by atoms with Crippen molar-refractivity contribution in [3.05, 3.63) is 54.2 Å². The summed E-state index contributed by atoms with van der Waals surface area (Å²) in [5, 5.41) is 6.51. The number of hydrogen-bond donors (Lipinski definition) is 2. The van der Waals surface area contributed by atoms with Crippen LogP contribution in [0, 0.1) is 0 Å². The fourth-order valence-corrected chi connectivity index (χ4v) is 2.13. The van der Waals surface area contributed by atoms with Crippen molar-refractivity contribution in [2.45, 2.75) is 13.0 Å². The zero-order valence-electron chi connectivity index (χ0n) is 14.6. The van der Waals surface area contributed by atoms with Gasteiger partial charge in [-0.1, -0.05) is 24.3 Å². The van der Waals surface area contributed by atoms with E-state index in [1.165, 1.54) is 0 Å². The van der Waals surface area contributed by atoms with Crippen molar-refractivity contribution in [3.8, 4) is 11.6 Å². The lowest BCUT2D eigenvalue weighted by atomic mass is 10.2. The second kappa shape index (κ2) is 12.3. The fraction of sp³-hybridized carbons (Fsp3) is 0.333. The number of aromatic nitrogens is 1. The molecule has 0 spiro atoms. The molecule has 0 unspecified atom stereocenters. The SMILES string of the molecule is CN=C(NCCCOc1ccccc1)NCc1cccnc1OC.I. The maximum absolute atomic E-state index is 5.66. The minimum absolute atomic E-state index is 0. The molecule has 1 aromatic carbocycles. The van der Waals surface area contributed by atoms with Gasteiger partial charge < -0.3 is 20.1 Å². The highest BCUT2D eigenvalue weighted by atomic mass is 127. The predicted octanol–water partition coefficient (Wildman–Crippen LogP) is 2.84. The van der Waals surface area contributed by atoms with Gasteiger partial charge in [0.25, 0.3) is 0 Å². The number of methoxy groups -OCH3 is 1. The molecule has 1 aromatic heterocycles. The molecule has 0 amide bonds. The summed E-state index contributed by atoms with van der Waals surface area (Å²) < 4.78 is 10.9. The van der Waals surface area contributed by atoms with Gasteiger partial charge in [0, 0.05) is 31.9 Å². The smallest absolute Gasteiger partial charge is 0.218 e. The molecule has 2 rings (SSSR count). The van der Waals surface area contributed by atoms with E-state index in [9.17, 15) is 0 Å². The molecule has 0 aliphatic carbocycles. The van der Waals surface area contributed by atoms with Crippen molar-refractivity contribution in [3.63, 3.8) is 0 Å². The molecule has 2 N–H and O–H groups in total. The lowest BCUT2D eigenvalue weighted by Crippen LogP contribution is -2.37. The first kappa shape index (κ1) is 21.0. The number of hydrogen-bond acceptors (Lipinski definition) is 4. The van der Waals surface area contributed by atoms with Crippen LogP contribution in [0.15, 0.2) is 53.7 Å². The number of halogens is 1. The Hall–Kier alpha value is -2.03. The number of benzene rings is 1. The molecule has 1 heterocycles. The van der Waals surface area contributed by atoms with Crippen molar-refractivity contribution in [2.75, 3.05) is 27.3 Å². The summed E-state index contributed by atoms with van der Waals surface area (Å²) in [6.07, 6.45) is 2.59. The van der Waals surface area contributed by atoms with Gasteiger partial charge >= 0.3 is 0 Å². The monoisotopic (exact) mass is 456 g/mol. The topological polar surface area (TPSA) is 67.8 Å². The molecule has 0 radical (unpaired) electrons. The molecule has 0 saturated heterocycles. The van der Waals surface area contributed by atoms with E-state index >= 15 is 0 Å². The molecule has 0 saturated carbocycles. The van der Waals surface area contributed by atoms with Crippen LogP contribution < -0.4 is 20.1 Å². The maximum Gasteiger partial charge on any atom is 0.218 e. The molecule has 25 heavy (non-hydrogen) atoms. The molecule has 0 fully saturated rings. The third-order valence-electron chi connectivity index (χ3n) is 3.34. The normalized spacial score (nSPS) is 10.6. The highest BCUT2D eigenvalue weighted by Crippen LogP contribution is 2.12. The van der Waals surface area contributed by atoms with Gasteiger partial charge in [0.2, 0.25) is 5.88 Å². The van der Waals surface area contributed by atoms with E-state index in [-0.39, 0.29) is 24.0 Å². The highest BCUT2D eigenvalue weighted by molar-refractivity contribution is 14.0. The Morgan fingerprint density at radius 1 is 1.12 bits per heavy atom. The highest BCUT2D eigenvalue weighted by Gasteiger charge is 2.04. The van der Waals surface area contributed by atoms with Gasteiger partial charge in [-0.25, -0.2) is 4.98 Å². The minimum atomic E-state index is 0. The minimum Gasteiger partial charge on any atom is -0.494 e. The van der Waals surface area contributed by atoms with Crippen molar-refractivity contribution >= 4 is 29.9 Å². The van der Waals surface area contributed by atoms with E-state index in [2.05, 4.69) is 20.6 Å². The summed E-state index contributed by atoms with van der Waals surface area (Å²) in [5.74, 6) is 2.25. The third-order valence-corrected chi connectivity index (χ3v) is 3.34. The lowest BCUT2D eigenvalue weighted by molar-refractivity contribution is 0.311. The predicted molar refractivity (Wildman–Crippen MR) is 111 cm³/mol. The molecule has 6 nitrogen and oxygen atoms in total. The number of nitrogens with one attached hydrogen (secondary N) is 2. The number of nitrogens with zero attached hydrogens (tertiary/aromatic N) is 2. The van der Waals surface area contributed by atoms with E-state index in [0.717, 1.165) is 30.2 Å². The lowest BCUT2D eigenvalue weighted by Gasteiger charge is -2.13. The van der Waals surface area contributed by atoms with E-state index in [0.29, 0.717) is 19.0 Å². The van der Waals surface area contributed by atoms with Crippen LogP contribution in [0.25, 0.3) is 0 Å². The number of para-hydroxylation sites is 1. The third kappa shape index (κ3) is 7.59. The maximum atomic E-state index is 5.66. The Kier molecular flexibility index (Phi) is 10.4. The Labute approximate surface area is 166 Å². The molecule has 0 aliphatic rings. The van der Waals surface area contributed by atoms with Crippen molar-refractivity contribution in [1.82, 2.24) is 15.6 Å². The summed E-state index contributed by atoms with van der Waals surface area (Å²) in [4.78, 5) is 8.38. The number of pyridine rings is 1. The van der Waals surface area contributed by atoms with Crippen LogP contribution in [-0.4, -0.2) is 38.3 Å². The average molecular weight is 456 g/mol. The summed E-state index contributed by atoms with van der Waals surface area (Å²) in [7, 11) is 3.36. The average Bonchev–Trinajstić information content (AvgIpc) is 2.65. The van der Waals surface area contributed by atoms with Gasteiger partial charge in [0.05, 0.1) is 13.7 Å². The zero-order valence-corrected chi connectivity index (χ0v) is 16.9. The largest absolute Gasteiger partial charge is 0.494 e. The molecule has 0 aliphatic heterocycles. The summed E-state index contributed by atoms with van der Waals surface area (Å²) in [6.45, 7) is 2.03. The Morgan fingerprint density at radius 3 is 2.64 bits per heavy atom. The van der Waals surface area contributed by atoms with E-state index in [1.807, 2.05) is 42.5 Å². The van der Waals surface area contributed by atoms with Crippen LogP contribution in [0.4, 0.5) is 0 Å². The standard InChI is InChI=1S/C18H24N4O2.HI/c1-19-18(22-14-15-8-6-11-20-17(15)23-2)21-12-7-13-24-16-9-4-3-5-10-16;/h3-6,8-11H,7,12-14H2,1-2H3,(H2,19,21,22);1H. The van der Waals surface area contributed by atoms with Gasteiger partial charge in [-0.2, -0.15) is 0 Å². The van der Waals surface area contributed by atoms with Crippen LogP contribution in [0.5, 0.6) is 11.6 Å². The molecular formula is C18H25IN4O2. The van der Waals surface area contributed by atoms with Crippen molar-refractivity contribution in [1.29, 1.82) is 0 Å². The summed E-state index contributed by atoms with van der Waals surface area (Å²) in [6, 6.07) is 13.7. The van der Waals surface area contributed by atoms with Crippen LogP contribution in [0.3, 0.4) is 0 Å². The van der Waals surface area contributed by atoms with Gasteiger partial charge in [0.15, 0.2) is 5.96 Å². The van der Waals surface area contributed by atoms with Crippen molar-refractivity contribution < 1.29 is 9.47 Å². The van der Waals surface area contributed by atoms with E-state index < -0.39 is 0 Å². The Balaban J connectivity index is 0.00000312. The van der Waals surface area contributed by atoms with Gasteiger partial charge in [-0.15, -0.1) is 24.0 Å². The van der Waals surface area contributed by atoms with Crippen LogP contribution >= 0.6 is 24.0 Å². The first-order valence-corrected chi connectivity index (χ1v) is 7.93. The molecule has 0 atom stereocenters. The zero-order chi connectivity index (χ0) is 17.0. The number of aliphatic imine (C=N–C) groups is 1. The van der Waals surface area contributed by atoms with Crippen molar-refractivity contribution in [2.24, 2.45) is 4.99 Å². The number of ether oxygens (including phenoxy) is 2. The molecule has 2 aromatic rings. The summed E-state index contributed by atoms with van der Waals surface area (Å²) >= 11 is 0. The Morgan fingerprint density at radius 2 is 1.92 bits per heavy atom. The molecule has 7 heteroatoms. The fourth-order valence-electron chi connectivity index (χ4n) is 2.13. The van der Waals surface area contributed by atoms with E-state index in [4.69, 9.17) is 9.47 Å². The molecule has 136 valence electrons. The van der Waals surface area contributed by atoms with Crippen LogP contribution in [-0.2, 0) is 6.54 Å². The number of guanidine groups is 1. The number of rotatable bonds is 8. The van der Waals surface area contributed by atoms with Crippen LogP contribution in [0.1, 0.15) is 12.0 Å².